The number of aromatic carboxylic acids is 1. The molecule has 0 bridgehead atoms. The minimum absolute atomic E-state index is 0.0763. The molecule has 0 atom stereocenters. The zero-order chi connectivity index (χ0) is 18.9. The van der Waals surface area contributed by atoms with Gasteiger partial charge in [-0.2, -0.15) is 9.64 Å². The molecule has 1 N–H and O–H groups in total. The second-order valence-electron chi connectivity index (χ2n) is 7.08. The van der Waals surface area contributed by atoms with E-state index in [9.17, 15) is 10.1 Å². The smallest absolute Gasteiger partial charge is 0.347 e. The molecule has 0 radical (unpaired) electrons. The fourth-order valence-electron chi connectivity index (χ4n) is 2.71. The Morgan fingerprint density at radius 2 is 1.73 bits per heavy atom. The Hall–Kier alpha value is -2.97. The zero-order valence-corrected chi connectivity index (χ0v) is 15.6. The first kappa shape index (κ1) is 17.8. The highest BCUT2D eigenvalue weighted by atomic mass is 32.1. The third-order valence-electron chi connectivity index (χ3n) is 4.22. The summed E-state index contributed by atoms with van der Waals surface area (Å²) in [5.41, 5.74) is 4.98. The van der Waals surface area contributed by atoms with Crippen LogP contribution in [0.25, 0.3) is 22.4 Å². The lowest BCUT2D eigenvalue weighted by molar-refractivity contribution is 0.0702. The average Bonchev–Trinajstić information content (AvgIpc) is 3.11. The summed E-state index contributed by atoms with van der Waals surface area (Å²) in [5.74, 6) is -0.996. The number of nitriles is 1. The molecule has 0 aliphatic rings. The van der Waals surface area contributed by atoms with Crippen LogP contribution in [0.3, 0.4) is 0 Å². The summed E-state index contributed by atoms with van der Waals surface area (Å²) < 4.78 is 4.18. The first-order chi connectivity index (χ1) is 12.3. The number of nitrogens with zero attached hydrogens (tertiary/aromatic N) is 2. The molecule has 0 aliphatic carbocycles. The molecule has 3 aromatic rings. The molecule has 1 aromatic heterocycles. The van der Waals surface area contributed by atoms with Crippen LogP contribution in [0.15, 0.2) is 48.5 Å². The van der Waals surface area contributed by atoms with Gasteiger partial charge in [0.2, 0.25) is 0 Å². The van der Waals surface area contributed by atoms with Crippen LogP contribution >= 0.6 is 11.5 Å². The van der Waals surface area contributed by atoms with Crippen LogP contribution in [0.1, 0.15) is 41.6 Å². The molecule has 4 nitrogen and oxygen atoms in total. The summed E-state index contributed by atoms with van der Waals surface area (Å²) >= 11 is 0.938. The lowest BCUT2D eigenvalue weighted by Gasteiger charge is -2.19. The Balaban J connectivity index is 1.99. The molecule has 0 saturated carbocycles. The van der Waals surface area contributed by atoms with Crippen molar-refractivity contribution in [2.75, 3.05) is 0 Å². The van der Waals surface area contributed by atoms with E-state index in [1.165, 1.54) is 11.6 Å². The summed E-state index contributed by atoms with van der Waals surface area (Å²) in [6.07, 6.45) is 0. The fourth-order valence-corrected chi connectivity index (χ4v) is 3.31. The van der Waals surface area contributed by atoms with Gasteiger partial charge >= 0.3 is 5.97 Å². The highest BCUT2D eigenvalue weighted by molar-refractivity contribution is 7.08. The van der Waals surface area contributed by atoms with E-state index in [-0.39, 0.29) is 10.3 Å². The van der Waals surface area contributed by atoms with Crippen molar-refractivity contribution in [1.29, 1.82) is 5.26 Å². The van der Waals surface area contributed by atoms with Crippen LogP contribution in [0.2, 0.25) is 0 Å². The molecular weight excluding hydrogens is 344 g/mol. The predicted molar refractivity (Wildman–Crippen MR) is 103 cm³/mol. The van der Waals surface area contributed by atoms with Gasteiger partial charge in [0.1, 0.15) is 4.88 Å². The number of benzene rings is 2. The molecule has 26 heavy (non-hydrogen) atoms. The van der Waals surface area contributed by atoms with E-state index >= 15 is 0 Å². The van der Waals surface area contributed by atoms with Crippen molar-refractivity contribution in [2.24, 2.45) is 0 Å². The van der Waals surface area contributed by atoms with Gasteiger partial charge in [0.25, 0.3) is 0 Å². The highest BCUT2D eigenvalue weighted by Gasteiger charge is 2.15. The van der Waals surface area contributed by atoms with Crippen molar-refractivity contribution in [3.63, 3.8) is 0 Å². The van der Waals surface area contributed by atoms with Crippen LogP contribution in [-0.2, 0) is 5.41 Å². The number of carboxylic acids is 1. The average molecular weight is 362 g/mol. The first-order valence-electron chi connectivity index (χ1n) is 8.15. The first-order valence-corrected chi connectivity index (χ1v) is 8.92. The van der Waals surface area contributed by atoms with Crippen molar-refractivity contribution in [3.05, 3.63) is 64.5 Å². The molecule has 0 aliphatic heterocycles. The molecule has 130 valence electrons. The van der Waals surface area contributed by atoms with Crippen LogP contribution in [0.5, 0.6) is 0 Å². The van der Waals surface area contributed by atoms with E-state index in [4.69, 9.17) is 5.11 Å². The van der Waals surface area contributed by atoms with E-state index < -0.39 is 5.97 Å². The van der Waals surface area contributed by atoms with Crippen molar-refractivity contribution >= 4 is 17.5 Å². The second kappa shape index (κ2) is 6.74. The summed E-state index contributed by atoms with van der Waals surface area (Å²) in [7, 11) is 0. The second-order valence-corrected chi connectivity index (χ2v) is 7.89. The minimum Gasteiger partial charge on any atom is -0.477 e. The molecule has 0 saturated heterocycles. The zero-order valence-electron chi connectivity index (χ0n) is 14.8. The third kappa shape index (κ3) is 3.51. The molecule has 3 rings (SSSR count). The summed E-state index contributed by atoms with van der Waals surface area (Å²) in [6, 6.07) is 17.5. The Morgan fingerprint density at radius 1 is 1.08 bits per heavy atom. The van der Waals surface area contributed by atoms with Gasteiger partial charge in [0, 0.05) is 5.56 Å². The van der Waals surface area contributed by atoms with Gasteiger partial charge in [-0.25, -0.2) is 4.79 Å². The van der Waals surface area contributed by atoms with Crippen molar-refractivity contribution in [3.8, 4) is 28.5 Å². The van der Waals surface area contributed by atoms with Crippen LogP contribution in [0.4, 0.5) is 0 Å². The monoisotopic (exact) mass is 362 g/mol. The van der Waals surface area contributed by atoms with Gasteiger partial charge in [-0.15, -0.1) is 0 Å². The van der Waals surface area contributed by atoms with Gasteiger partial charge in [0.05, 0.1) is 17.3 Å². The molecule has 5 heteroatoms. The fraction of sp³-hybridized carbons (Fsp3) is 0.190. The Morgan fingerprint density at radius 3 is 2.27 bits per heavy atom. The maximum atomic E-state index is 11.0. The number of carboxylic acid groups (broad SMARTS) is 1. The van der Waals surface area contributed by atoms with Gasteiger partial charge in [-0.05, 0) is 45.8 Å². The van der Waals surface area contributed by atoms with Gasteiger partial charge in [-0.1, -0.05) is 57.2 Å². The van der Waals surface area contributed by atoms with E-state index in [1.54, 1.807) is 6.07 Å². The molecule has 0 unspecified atom stereocenters. The summed E-state index contributed by atoms with van der Waals surface area (Å²) in [5, 5.41) is 18.6. The quantitative estimate of drug-likeness (QED) is 0.682. The highest BCUT2D eigenvalue weighted by Crippen LogP contribution is 2.31. The minimum atomic E-state index is -0.996. The SMILES string of the molecule is CC(C)(C)c1ccc(-c2ccc(-c3cc(C(=O)O)sn3)cc2C#N)cc1. The Bertz CT molecular complexity index is 1010. The number of hydrogen-bond donors (Lipinski definition) is 1. The predicted octanol–water partition coefficient (Wildman–Crippen LogP) is 5.34. The van der Waals surface area contributed by atoms with E-state index in [2.05, 4.69) is 43.3 Å². The van der Waals surface area contributed by atoms with Crippen molar-refractivity contribution < 1.29 is 9.90 Å². The van der Waals surface area contributed by atoms with Crippen molar-refractivity contribution in [2.45, 2.75) is 26.2 Å². The molecule has 0 amide bonds. The van der Waals surface area contributed by atoms with Crippen molar-refractivity contribution in [1.82, 2.24) is 4.37 Å². The summed E-state index contributed by atoms with van der Waals surface area (Å²) in [4.78, 5) is 11.2. The van der Waals surface area contributed by atoms with Crippen LogP contribution in [0, 0.1) is 11.3 Å². The maximum Gasteiger partial charge on any atom is 0.347 e. The third-order valence-corrected chi connectivity index (χ3v) is 5.00. The van der Waals surface area contributed by atoms with E-state index in [1.807, 2.05) is 24.3 Å². The Kier molecular flexibility index (Phi) is 4.62. The van der Waals surface area contributed by atoms with Gasteiger partial charge < -0.3 is 5.11 Å². The Labute approximate surface area is 156 Å². The molecule has 0 spiro atoms. The van der Waals surface area contributed by atoms with E-state index in [0.29, 0.717) is 11.3 Å². The maximum absolute atomic E-state index is 11.0. The summed E-state index contributed by atoms with van der Waals surface area (Å²) in [6.45, 7) is 6.49. The molecule has 1 heterocycles. The topological polar surface area (TPSA) is 74.0 Å². The normalized spacial score (nSPS) is 11.2. The largest absolute Gasteiger partial charge is 0.477 e. The molecular formula is C21H18N2O2S. The number of aromatic nitrogens is 1. The number of hydrogen-bond acceptors (Lipinski definition) is 4. The van der Waals surface area contributed by atoms with Crippen LogP contribution < -0.4 is 0 Å². The number of carbonyl (C=O) groups is 1. The van der Waals surface area contributed by atoms with E-state index in [0.717, 1.165) is 28.2 Å². The lowest BCUT2D eigenvalue weighted by atomic mass is 9.86. The number of rotatable bonds is 3. The van der Waals surface area contributed by atoms with Crippen LogP contribution in [-0.4, -0.2) is 15.4 Å². The standard InChI is InChI=1S/C21H18N2O2S/c1-21(2,3)16-7-4-13(5-8-16)17-9-6-14(10-15(17)12-22)18-11-19(20(24)25)26-23-18/h4-11H,1-3H3,(H,24,25). The molecule has 2 aromatic carbocycles. The van der Waals surface area contributed by atoms with Gasteiger partial charge in [0.15, 0.2) is 0 Å². The lowest BCUT2D eigenvalue weighted by Crippen LogP contribution is -2.10. The molecule has 0 fully saturated rings. The van der Waals surface area contributed by atoms with Gasteiger partial charge in [-0.3, -0.25) is 0 Å².